The Morgan fingerprint density at radius 2 is 2.05 bits per heavy atom. The number of ether oxygens (including phenoxy) is 2. The standard InChI is InChI=1S/C17H13FO3S/c1-20-12-6-7-14(15(18)8-12)17(19)21-9-11-10-22-16-5-3-2-4-13(11)16/h2-8,10H,9H2,1H3. The van der Waals surface area contributed by atoms with Crippen LogP contribution in [0.1, 0.15) is 15.9 Å². The van der Waals surface area contributed by atoms with Crippen molar-refractivity contribution in [2.24, 2.45) is 0 Å². The van der Waals surface area contributed by atoms with Crippen LogP contribution in [0.4, 0.5) is 4.39 Å². The van der Waals surface area contributed by atoms with Gasteiger partial charge >= 0.3 is 5.97 Å². The minimum atomic E-state index is -0.685. The van der Waals surface area contributed by atoms with Gasteiger partial charge in [0.25, 0.3) is 0 Å². The van der Waals surface area contributed by atoms with Gasteiger partial charge in [0.1, 0.15) is 18.2 Å². The fraction of sp³-hybridized carbons (Fsp3) is 0.118. The van der Waals surface area contributed by atoms with E-state index in [0.29, 0.717) is 5.75 Å². The van der Waals surface area contributed by atoms with Crippen molar-refractivity contribution < 1.29 is 18.7 Å². The Bertz CT molecular complexity index is 826. The molecule has 0 saturated carbocycles. The van der Waals surface area contributed by atoms with E-state index in [2.05, 4.69) is 0 Å². The summed E-state index contributed by atoms with van der Waals surface area (Å²) in [6.07, 6.45) is 0. The Hall–Kier alpha value is -2.40. The summed E-state index contributed by atoms with van der Waals surface area (Å²) in [7, 11) is 1.44. The number of thiophene rings is 1. The lowest BCUT2D eigenvalue weighted by Crippen LogP contribution is -2.07. The maximum absolute atomic E-state index is 13.8. The number of hydrogen-bond acceptors (Lipinski definition) is 4. The maximum Gasteiger partial charge on any atom is 0.341 e. The van der Waals surface area contributed by atoms with Crippen molar-refractivity contribution in [1.82, 2.24) is 0 Å². The van der Waals surface area contributed by atoms with Crippen molar-refractivity contribution in [1.29, 1.82) is 0 Å². The topological polar surface area (TPSA) is 35.5 Å². The molecule has 2 aromatic carbocycles. The van der Waals surface area contributed by atoms with Crippen LogP contribution in [0, 0.1) is 5.82 Å². The Morgan fingerprint density at radius 3 is 2.82 bits per heavy atom. The number of carbonyl (C=O) groups excluding carboxylic acids is 1. The lowest BCUT2D eigenvalue weighted by molar-refractivity contribution is 0.0469. The van der Waals surface area contributed by atoms with Gasteiger partial charge in [0.2, 0.25) is 0 Å². The molecule has 0 N–H and O–H groups in total. The van der Waals surface area contributed by atoms with Crippen LogP contribution in [0.3, 0.4) is 0 Å². The van der Waals surface area contributed by atoms with Gasteiger partial charge in [0.05, 0.1) is 12.7 Å². The molecular formula is C17H13FO3S. The highest BCUT2D eigenvalue weighted by atomic mass is 32.1. The summed E-state index contributed by atoms with van der Waals surface area (Å²) in [4.78, 5) is 12.0. The summed E-state index contributed by atoms with van der Waals surface area (Å²) in [5, 5.41) is 3.00. The molecule has 3 aromatic rings. The molecule has 0 fully saturated rings. The molecule has 1 aromatic heterocycles. The normalized spacial score (nSPS) is 10.6. The number of methoxy groups -OCH3 is 1. The number of benzene rings is 2. The van der Waals surface area contributed by atoms with Crippen molar-refractivity contribution in [3.8, 4) is 5.75 Å². The molecule has 0 aliphatic heterocycles. The van der Waals surface area contributed by atoms with Gasteiger partial charge < -0.3 is 9.47 Å². The fourth-order valence-corrected chi connectivity index (χ4v) is 3.10. The smallest absolute Gasteiger partial charge is 0.341 e. The molecule has 0 atom stereocenters. The van der Waals surface area contributed by atoms with Gasteiger partial charge in [-0.15, -0.1) is 11.3 Å². The van der Waals surface area contributed by atoms with E-state index in [9.17, 15) is 9.18 Å². The van der Waals surface area contributed by atoms with E-state index in [1.165, 1.54) is 19.2 Å². The summed E-state index contributed by atoms with van der Waals surface area (Å²) >= 11 is 1.59. The molecule has 112 valence electrons. The molecule has 0 spiro atoms. The van der Waals surface area contributed by atoms with Crippen LogP contribution in [0.5, 0.6) is 5.75 Å². The first-order valence-corrected chi connectivity index (χ1v) is 7.53. The third-order valence-corrected chi connectivity index (χ3v) is 4.33. The van der Waals surface area contributed by atoms with Crippen molar-refractivity contribution in [2.75, 3.05) is 7.11 Å². The van der Waals surface area contributed by atoms with Crippen LogP contribution in [-0.4, -0.2) is 13.1 Å². The first kappa shape index (κ1) is 14.5. The maximum atomic E-state index is 13.8. The molecule has 0 aliphatic rings. The highest BCUT2D eigenvalue weighted by Gasteiger charge is 2.15. The van der Waals surface area contributed by atoms with Gasteiger partial charge in [-0.05, 0) is 29.0 Å². The molecule has 0 amide bonds. The molecule has 3 rings (SSSR count). The van der Waals surface area contributed by atoms with E-state index < -0.39 is 11.8 Å². The predicted molar refractivity (Wildman–Crippen MR) is 83.9 cm³/mol. The lowest BCUT2D eigenvalue weighted by Gasteiger charge is -2.06. The average Bonchev–Trinajstić information content (AvgIpc) is 2.95. The van der Waals surface area contributed by atoms with E-state index in [4.69, 9.17) is 9.47 Å². The van der Waals surface area contributed by atoms with Gasteiger partial charge in [-0.25, -0.2) is 9.18 Å². The molecule has 22 heavy (non-hydrogen) atoms. The van der Waals surface area contributed by atoms with Crippen LogP contribution >= 0.6 is 11.3 Å². The lowest BCUT2D eigenvalue weighted by atomic mass is 10.2. The largest absolute Gasteiger partial charge is 0.497 e. The molecule has 0 radical (unpaired) electrons. The van der Waals surface area contributed by atoms with E-state index >= 15 is 0 Å². The SMILES string of the molecule is COc1ccc(C(=O)OCc2csc3ccccc23)c(F)c1. The Kier molecular flexibility index (Phi) is 4.06. The number of carbonyl (C=O) groups is 1. The van der Waals surface area contributed by atoms with Crippen LogP contribution in [-0.2, 0) is 11.3 Å². The predicted octanol–water partition coefficient (Wildman–Crippen LogP) is 4.41. The first-order valence-electron chi connectivity index (χ1n) is 6.65. The third-order valence-electron chi connectivity index (χ3n) is 3.32. The molecule has 0 aliphatic carbocycles. The van der Waals surface area contributed by atoms with Gasteiger partial charge in [0, 0.05) is 16.3 Å². The Balaban J connectivity index is 1.75. The number of halogens is 1. The molecule has 0 saturated heterocycles. The quantitative estimate of drug-likeness (QED) is 0.669. The first-order chi connectivity index (χ1) is 10.7. The monoisotopic (exact) mass is 316 g/mol. The number of hydrogen-bond donors (Lipinski definition) is 0. The Morgan fingerprint density at radius 1 is 1.23 bits per heavy atom. The highest BCUT2D eigenvalue weighted by molar-refractivity contribution is 7.17. The van der Waals surface area contributed by atoms with E-state index in [-0.39, 0.29) is 12.2 Å². The zero-order chi connectivity index (χ0) is 15.5. The second-order valence-electron chi connectivity index (χ2n) is 4.68. The average molecular weight is 316 g/mol. The molecular weight excluding hydrogens is 303 g/mol. The van der Waals surface area contributed by atoms with E-state index in [1.54, 1.807) is 11.3 Å². The van der Waals surface area contributed by atoms with E-state index in [0.717, 1.165) is 21.7 Å². The summed E-state index contributed by atoms with van der Waals surface area (Å²) in [6, 6.07) is 11.9. The highest BCUT2D eigenvalue weighted by Crippen LogP contribution is 2.26. The van der Waals surface area contributed by atoms with Crippen molar-refractivity contribution in [3.05, 3.63) is 64.8 Å². The van der Waals surface area contributed by atoms with Gasteiger partial charge in [-0.2, -0.15) is 0 Å². The summed E-state index contributed by atoms with van der Waals surface area (Å²) in [6.45, 7) is 0.119. The molecule has 0 bridgehead atoms. The summed E-state index contributed by atoms with van der Waals surface area (Å²) in [5.41, 5.74) is 0.822. The van der Waals surface area contributed by atoms with Crippen LogP contribution < -0.4 is 4.74 Å². The summed E-state index contributed by atoms with van der Waals surface area (Å²) in [5.74, 6) is -0.979. The molecule has 1 heterocycles. The second-order valence-corrected chi connectivity index (χ2v) is 5.59. The number of fused-ring (bicyclic) bond motifs is 1. The zero-order valence-electron chi connectivity index (χ0n) is 11.8. The molecule has 3 nitrogen and oxygen atoms in total. The van der Waals surface area contributed by atoms with Crippen molar-refractivity contribution >= 4 is 27.4 Å². The third kappa shape index (κ3) is 2.80. The molecule has 0 unspecified atom stereocenters. The second kappa shape index (κ2) is 6.15. The van der Waals surface area contributed by atoms with Gasteiger partial charge in [-0.1, -0.05) is 18.2 Å². The van der Waals surface area contributed by atoms with Crippen molar-refractivity contribution in [3.63, 3.8) is 0 Å². The number of esters is 1. The van der Waals surface area contributed by atoms with Crippen molar-refractivity contribution in [2.45, 2.75) is 6.61 Å². The van der Waals surface area contributed by atoms with Crippen LogP contribution in [0.15, 0.2) is 47.8 Å². The van der Waals surface area contributed by atoms with Crippen LogP contribution in [0.2, 0.25) is 0 Å². The van der Waals surface area contributed by atoms with E-state index in [1.807, 2.05) is 29.6 Å². The molecule has 5 heteroatoms. The minimum absolute atomic E-state index is 0.0969. The van der Waals surface area contributed by atoms with Gasteiger partial charge in [0.15, 0.2) is 0 Å². The summed E-state index contributed by atoms with van der Waals surface area (Å²) < 4.78 is 25.1. The number of rotatable bonds is 4. The zero-order valence-corrected chi connectivity index (χ0v) is 12.7. The minimum Gasteiger partial charge on any atom is -0.497 e. The Labute approximate surface area is 130 Å². The van der Waals surface area contributed by atoms with Crippen LogP contribution in [0.25, 0.3) is 10.1 Å². The van der Waals surface area contributed by atoms with Gasteiger partial charge in [-0.3, -0.25) is 0 Å². The fourth-order valence-electron chi connectivity index (χ4n) is 2.15.